The Morgan fingerprint density at radius 1 is 0.944 bits per heavy atom. The van der Waals surface area contributed by atoms with E-state index in [1.54, 1.807) is 29.8 Å². The maximum absolute atomic E-state index is 15.2. The van der Waals surface area contributed by atoms with Crippen molar-refractivity contribution < 1.29 is 22.7 Å². The summed E-state index contributed by atoms with van der Waals surface area (Å²) >= 11 is 0. The van der Waals surface area contributed by atoms with E-state index in [9.17, 15) is 14.0 Å². The molecule has 0 spiro atoms. The molecule has 9 rings (SSSR count). The van der Waals surface area contributed by atoms with Gasteiger partial charge in [0.1, 0.15) is 40.5 Å². The first-order valence-corrected chi connectivity index (χ1v) is 18.1. The number of rotatable bonds is 5. The van der Waals surface area contributed by atoms with Crippen LogP contribution in [0.4, 0.5) is 24.7 Å². The molecule has 1 aliphatic carbocycles. The highest BCUT2D eigenvalue weighted by Crippen LogP contribution is 2.37. The average molecular weight is 738 g/mol. The van der Waals surface area contributed by atoms with E-state index in [-0.39, 0.29) is 35.3 Å². The minimum absolute atomic E-state index is 0.0585. The van der Waals surface area contributed by atoms with Crippen molar-refractivity contribution in [2.24, 2.45) is 5.92 Å². The zero-order chi connectivity index (χ0) is 37.4. The number of hydrogen-bond acceptors (Lipinski definition) is 8. The Morgan fingerprint density at radius 3 is 2.56 bits per heavy atom. The molecule has 6 heterocycles. The van der Waals surface area contributed by atoms with E-state index in [0.717, 1.165) is 30.5 Å². The second-order valence-corrected chi connectivity index (χ2v) is 14.6. The third-order valence-electron chi connectivity index (χ3n) is 10.9. The fraction of sp³-hybridized carbons (Fsp3) is 0.359. The fourth-order valence-corrected chi connectivity index (χ4v) is 8.08. The summed E-state index contributed by atoms with van der Waals surface area (Å²) in [7, 11) is 3.34. The van der Waals surface area contributed by atoms with Crippen LogP contribution in [0.1, 0.15) is 25.1 Å². The van der Waals surface area contributed by atoms with Gasteiger partial charge in [-0.3, -0.25) is 9.59 Å². The van der Waals surface area contributed by atoms with Crippen molar-refractivity contribution in [2.45, 2.75) is 57.5 Å². The number of likely N-dealkylation sites (N-methyl/N-ethyl adjacent to an activating group) is 1. The Labute approximate surface area is 307 Å². The number of amides is 1. The zero-order valence-corrected chi connectivity index (χ0v) is 30.0. The van der Waals surface area contributed by atoms with Crippen molar-refractivity contribution in [1.29, 1.82) is 0 Å². The van der Waals surface area contributed by atoms with Gasteiger partial charge >= 0.3 is 0 Å². The summed E-state index contributed by atoms with van der Waals surface area (Å²) < 4.78 is 55.0. The van der Waals surface area contributed by atoms with Crippen LogP contribution in [-0.4, -0.2) is 85.1 Å². The van der Waals surface area contributed by atoms with Gasteiger partial charge in [0.2, 0.25) is 5.91 Å². The minimum atomic E-state index is -0.855. The molecule has 3 aliphatic rings. The normalized spacial score (nSPS) is 20.4. The number of carbonyl (C=O) groups is 1. The molecule has 54 heavy (non-hydrogen) atoms. The lowest BCUT2D eigenvalue weighted by atomic mass is 10.1. The molecule has 1 N–H and O–H groups in total. The molecule has 2 aliphatic heterocycles. The molecule has 1 saturated carbocycles. The quantitative estimate of drug-likeness (QED) is 0.254. The van der Waals surface area contributed by atoms with Gasteiger partial charge in [-0.15, -0.1) is 0 Å². The number of methoxy groups -OCH3 is 1. The Hall–Kier alpha value is -5.70. The predicted octanol–water partition coefficient (Wildman–Crippen LogP) is 5.28. The number of pyridine rings is 2. The standard InChI is InChI=1S/C39H38F3N9O3/c1-21-44-31-13-24(41)11-27-30-5-4-6-35(46-30)45-25-14-33(38(52)47(2)18-26(54-3)19-49(21)36(27)31)50(17-25)34-20-48(16-22-7-8-22)39(53)37-28(34)15-43-51(37)32-10-9-23(40)12-29(32)42/h4-6,9-13,15,20,22,25-26,33H,7-8,14,16-19H2,1-3H3,(H,45,46)/t25-,26-,33-/m0/s1. The van der Waals surface area contributed by atoms with Crippen LogP contribution in [0.15, 0.2) is 65.7 Å². The van der Waals surface area contributed by atoms with Crippen LogP contribution in [0, 0.1) is 30.3 Å². The van der Waals surface area contributed by atoms with Crippen LogP contribution in [0.5, 0.6) is 0 Å². The van der Waals surface area contributed by atoms with E-state index in [4.69, 9.17) is 9.72 Å². The number of halogens is 3. The maximum atomic E-state index is 15.2. The number of hydrogen-bond donors (Lipinski definition) is 1. The molecule has 1 saturated heterocycles. The number of anilines is 2. The highest BCUT2D eigenvalue weighted by atomic mass is 19.1. The number of ether oxygens (including phenoxy) is 1. The van der Waals surface area contributed by atoms with E-state index in [1.807, 2.05) is 34.6 Å². The number of fused-ring (bicyclic) bond motifs is 6. The number of benzene rings is 2. The van der Waals surface area contributed by atoms with E-state index in [1.165, 1.54) is 29.1 Å². The Balaban J connectivity index is 1.18. The molecule has 15 heteroatoms. The van der Waals surface area contributed by atoms with E-state index in [2.05, 4.69) is 15.4 Å². The van der Waals surface area contributed by atoms with Gasteiger partial charge in [0, 0.05) is 63.7 Å². The van der Waals surface area contributed by atoms with Gasteiger partial charge in [-0.05, 0) is 62.4 Å². The number of imidazole rings is 1. The van der Waals surface area contributed by atoms with Gasteiger partial charge in [0.25, 0.3) is 5.56 Å². The summed E-state index contributed by atoms with van der Waals surface area (Å²) in [5, 5.41) is 8.43. The second-order valence-electron chi connectivity index (χ2n) is 14.6. The van der Waals surface area contributed by atoms with Gasteiger partial charge < -0.3 is 29.0 Å². The van der Waals surface area contributed by atoms with Crippen LogP contribution in [0.3, 0.4) is 0 Å². The van der Waals surface area contributed by atoms with Gasteiger partial charge in [-0.25, -0.2) is 27.8 Å². The molecule has 6 aromatic rings. The molecule has 278 valence electrons. The average Bonchev–Trinajstić information content (AvgIpc) is 3.55. The minimum Gasteiger partial charge on any atom is -0.378 e. The summed E-state index contributed by atoms with van der Waals surface area (Å²) in [5.74, 6) is -0.639. The summed E-state index contributed by atoms with van der Waals surface area (Å²) in [5.41, 5.74) is 2.70. The molecule has 4 bridgehead atoms. The molecule has 0 radical (unpaired) electrons. The monoisotopic (exact) mass is 737 g/mol. The van der Waals surface area contributed by atoms with Crippen molar-refractivity contribution >= 4 is 39.3 Å². The van der Waals surface area contributed by atoms with Crippen LogP contribution < -0.4 is 15.8 Å². The van der Waals surface area contributed by atoms with Crippen molar-refractivity contribution in [2.75, 3.05) is 37.5 Å². The summed E-state index contributed by atoms with van der Waals surface area (Å²) in [6, 6.07) is 10.6. The number of aryl methyl sites for hydroxylation is 1. The van der Waals surface area contributed by atoms with Crippen LogP contribution in [0.2, 0.25) is 0 Å². The maximum Gasteiger partial charge on any atom is 0.277 e. The van der Waals surface area contributed by atoms with Crippen LogP contribution in [-0.2, 0) is 22.6 Å². The smallest absolute Gasteiger partial charge is 0.277 e. The van der Waals surface area contributed by atoms with Crippen LogP contribution >= 0.6 is 0 Å². The number of carbonyl (C=O) groups excluding carboxylic acids is 1. The first-order valence-electron chi connectivity index (χ1n) is 18.1. The second kappa shape index (κ2) is 13.0. The van der Waals surface area contributed by atoms with Crippen molar-refractivity contribution in [1.82, 2.24) is 33.8 Å². The van der Waals surface area contributed by atoms with Crippen molar-refractivity contribution in [3.05, 3.63) is 94.6 Å². The summed E-state index contributed by atoms with van der Waals surface area (Å²) in [4.78, 5) is 42.0. The lowest BCUT2D eigenvalue weighted by Gasteiger charge is -2.31. The van der Waals surface area contributed by atoms with E-state index >= 15 is 8.78 Å². The third kappa shape index (κ3) is 5.86. The van der Waals surface area contributed by atoms with Gasteiger partial charge in [0.05, 0.1) is 46.6 Å². The molecule has 1 amide bonds. The summed E-state index contributed by atoms with van der Waals surface area (Å²) in [6.07, 6.45) is 5.21. The highest BCUT2D eigenvalue weighted by molar-refractivity contribution is 5.96. The van der Waals surface area contributed by atoms with Crippen molar-refractivity contribution in [3.63, 3.8) is 0 Å². The van der Waals surface area contributed by atoms with Crippen molar-refractivity contribution in [3.8, 4) is 16.9 Å². The topological polar surface area (TPSA) is 115 Å². The Kier molecular flexibility index (Phi) is 8.21. The molecule has 2 fully saturated rings. The first kappa shape index (κ1) is 34.1. The Bertz CT molecular complexity index is 2530. The fourth-order valence-electron chi connectivity index (χ4n) is 8.08. The van der Waals surface area contributed by atoms with Crippen LogP contribution in [0.25, 0.3) is 38.9 Å². The molecule has 12 nitrogen and oxygen atoms in total. The van der Waals surface area contributed by atoms with Gasteiger partial charge in [-0.2, -0.15) is 5.10 Å². The molecular formula is C39H38F3N9O3. The zero-order valence-electron chi connectivity index (χ0n) is 30.0. The molecular weight excluding hydrogens is 699 g/mol. The SMILES string of the molecule is CO[C@H]1CN(C)C(=O)[C@@H]2C[C@@H](CN2c2cn(CC3CC3)c(=O)c3c2cnn3-c2ccc(F)cc2F)Nc2cccc(n2)-c2cc(F)cc3nc(C)n(c23)C1. The van der Waals surface area contributed by atoms with E-state index in [0.29, 0.717) is 71.5 Å². The van der Waals surface area contributed by atoms with Gasteiger partial charge in [0.15, 0.2) is 5.82 Å². The lowest BCUT2D eigenvalue weighted by molar-refractivity contribution is -0.132. The highest BCUT2D eigenvalue weighted by Gasteiger charge is 2.41. The molecule has 3 atom stereocenters. The van der Waals surface area contributed by atoms with E-state index < -0.39 is 29.6 Å². The number of aromatic nitrogens is 6. The first-order chi connectivity index (χ1) is 26.1. The lowest BCUT2D eigenvalue weighted by Crippen LogP contribution is -2.47. The Morgan fingerprint density at radius 2 is 1.78 bits per heavy atom. The number of nitrogens with zero attached hydrogens (tertiary/aromatic N) is 8. The predicted molar refractivity (Wildman–Crippen MR) is 197 cm³/mol. The molecule has 0 unspecified atom stereocenters. The molecule has 2 aromatic carbocycles. The largest absolute Gasteiger partial charge is 0.378 e. The van der Waals surface area contributed by atoms with Gasteiger partial charge in [-0.1, -0.05) is 6.07 Å². The molecule has 4 aromatic heterocycles. The third-order valence-corrected chi connectivity index (χ3v) is 10.9. The summed E-state index contributed by atoms with van der Waals surface area (Å²) in [6.45, 7) is 3.26. The number of nitrogens with one attached hydrogen (secondary N) is 1.